The molecule has 1 aromatic rings. The number of aromatic nitrogens is 1. The van der Waals surface area contributed by atoms with E-state index in [9.17, 15) is 14.9 Å². The summed E-state index contributed by atoms with van der Waals surface area (Å²) in [7, 11) is 0. The van der Waals surface area contributed by atoms with E-state index >= 15 is 0 Å². The summed E-state index contributed by atoms with van der Waals surface area (Å²) in [5.74, 6) is -0.949. The van der Waals surface area contributed by atoms with E-state index in [1.54, 1.807) is 0 Å². The number of nitro groups is 1. The highest BCUT2D eigenvalue weighted by Crippen LogP contribution is 2.28. The van der Waals surface area contributed by atoms with E-state index in [4.69, 9.17) is 11.5 Å². The van der Waals surface area contributed by atoms with Gasteiger partial charge in [0.25, 0.3) is 5.91 Å². The van der Waals surface area contributed by atoms with E-state index in [0.29, 0.717) is 11.5 Å². The molecule has 0 aliphatic carbocycles. The van der Waals surface area contributed by atoms with Gasteiger partial charge in [0.2, 0.25) is 5.69 Å². The number of rotatable bonds is 2. The zero-order valence-electron chi connectivity index (χ0n) is 5.68. The predicted octanol–water partition coefficient (Wildman–Crippen LogP) is -0.268. The number of primary amides is 1. The molecule has 12 heavy (non-hydrogen) atoms. The number of amides is 1. The molecule has 1 rings (SSSR count). The molecule has 7 nitrogen and oxygen atoms in total. The van der Waals surface area contributed by atoms with Crippen molar-refractivity contribution < 1.29 is 9.72 Å². The Morgan fingerprint density at radius 1 is 1.67 bits per heavy atom. The number of nitrogens with zero attached hydrogens (tertiary/aromatic N) is 2. The minimum Gasteiger partial charge on any atom is -0.384 e. The van der Waals surface area contributed by atoms with Crippen molar-refractivity contribution >= 4 is 28.1 Å². The molecule has 0 saturated carbocycles. The molecule has 0 atom stereocenters. The normalized spacial score (nSPS) is 9.67. The van der Waals surface area contributed by atoms with Crippen LogP contribution in [-0.4, -0.2) is 15.2 Å². The Balaban J connectivity index is 3.31. The van der Waals surface area contributed by atoms with Crippen molar-refractivity contribution in [2.75, 3.05) is 5.73 Å². The lowest BCUT2D eigenvalue weighted by Gasteiger charge is -1.88. The van der Waals surface area contributed by atoms with Crippen molar-refractivity contribution in [3.63, 3.8) is 0 Å². The van der Waals surface area contributed by atoms with Crippen molar-refractivity contribution in [2.24, 2.45) is 5.73 Å². The number of hydrogen-bond donors (Lipinski definition) is 2. The van der Waals surface area contributed by atoms with Gasteiger partial charge in [-0.1, -0.05) is 0 Å². The Morgan fingerprint density at radius 2 is 2.25 bits per heavy atom. The van der Waals surface area contributed by atoms with Crippen LogP contribution in [0, 0.1) is 10.1 Å². The summed E-state index contributed by atoms with van der Waals surface area (Å²) in [6.07, 6.45) is 0. The van der Waals surface area contributed by atoms with Crippen molar-refractivity contribution in [1.82, 2.24) is 4.37 Å². The van der Waals surface area contributed by atoms with Crippen molar-refractivity contribution in [3.05, 3.63) is 15.8 Å². The van der Waals surface area contributed by atoms with Gasteiger partial charge in [0, 0.05) is 0 Å². The largest absolute Gasteiger partial charge is 0.384 e. The monoisotopic (exact) mass is 188 g/mol. The average molecular weight is 188 g/mol. The lowest BCUT2D eigenvalue weighted by atomic mass is 10.3. The van der Waals surface area contributed by atoms with E-state index in [-0.39, 0.29) is 10.7 Å². The second kappa shape index (κ2) is 2.74. The lowest BCUT2D eigenvalue weighted by molar-refractivity contribution is -0.384. The molecule has 1 aromatic heterocycles. The maximum absolute atomic E-state index is 10.5. The molecule has 0 fully saturated rings. The summed E-state index contributed by atoms with van der Waals surface area (Å²) >= 11 is 0.673. The van der Waals surface area contributed by atoms with Gasteiger partial charge in [-0.05, 0) is 11.5 Å². The summed E-state index contributed by atoms with van der Waals surface area (Å²) in [6.45, 7) is 0. The van der Waals surface area contributed by atoms with Crippen LogP contribution in [0.5, 0.6) is 0 Å². The second-order valence-electron chi connectivity index (χ2n) is 1.87. The lowest BCUT2D eigenvalue weighted by Crippen LogP contribution is -2.13. The van der Waals surface area contributed by atoms with Crippen molar-refractivity contribution in [1.29, 1.82) is 0 Å². The van der Waals surface area contributed by atoms with Gasteiger partial charge in [-0.2, -0.15) is 4.37 Å². The first-order valence-corrected chi connectivity index (χ1v) is 3.50. The molecule has 8 heteroatoms. The van der Waals surface area contributed by atoms with Crippen LogP contribution in [0.1, 0.15) is 10.5 Å². The molecular formula is C4H4N4O3S. The molecule has 4 N–H and O–H groups in total. The van der Waals surface area contributed by atoms with E-state index in [1.165, 1.54) is 0 Å². The standard InChI is InChI=1S/C4H4N4O3S/c5-3(9)1-2(8(10)11)4(6)12-7-1/h6H2,(H2,5,9). The summed E-state index contributed by atoms with van der Waals surface area (Å²) in [5, 5.41) is 10.2. The third-order valence-electron chi connectivity index (χ3n) is 1.11. The number of nitrogens with two attached hydrogens (primary N) is 2. The predicted molar refractivity (Wildman–Crippen MR) is 41.7 cm³/mol. The summed E-state index contributed by atoms with van der Waals surface area (Å²) in [6, 6.07) is 0. The van der Waals surface area contributed by atoms with Gasteiger partial charge in [-0.3, -0.25) is 14.9 Å². The molecule has 0 radical (unpaired) electrons. The van der Waals surface area contributed by atoms with Crippen LogP contribution >= 0.6 is 11.5 Å². The molecule has 0 aliphatic rings. The van der Waals surface area contributed by atoms with Crippen LogP contribution in [-0.2, 0) is 0 Å². The Labute approximate surface area is 70.3 Å². The smallest absolute Gasteiger partial charge is 0.336 e. The second-order valence-corrected chi connectivity index (χ2v) is 2.67. The molecule has 0 bridgehead atoms. The van der Waals surface area contributed by atoms with E-state index in [0.717, 1.165) is 0 Å². The molecule has 0 aliphatic heterocycles. The van der Waals surface area contributed by atoms with Crippen LogP contribution in [0.15, 0.2) is 0 Å². The Morgan fingerprint density at radius 3 is 2.58 bits per heavy atom. The molecule has 64 valence electrons. The van der Waals surface area contributed by atoms with Gasteiger partial charge in [0.1, 0.15) is 0 Å². The van der Waals surface area contributed by atoms with Gasteiger partial charge in [0.05, 0.1) is 4.92 Å². The maximum atomic E-state index is 10.5. The third-order valence-corrected chi connectivity index (χ3v) is 1.77. The van der Waals surface area contributed by atoms with Crippen molar-refractivity contribution in [2.45, 2.75) is 0 Å². The van der Waals surface area contributed by atoms with Gasteiger partial charge < -0.3 is 11.5 Å². The Kier molecular flexibility index (Phi) is 1.92. The fourth-order valence-corrected chi connectivity index (χ4v) is 1.26. The van der Waals surface area contributed by atoms with Crippen molar-refractivity contribution in [3.8, 4) is 0 Å². The Hall–Kier alpha value is -1.70. The van der Waals surface area contributed by atoms with Gasteiger partial charge in [0.15, 0.2) is 5.00 Å². The van der Waals surface area contributed by atoms with Gasteiger partial charge >= 0.3 is 5.69 Å². The van der Waals surface area contributed by atoms with Crippen LogP contribution in [0.2, 0.25) is 0 Å². The SMILES string of the molecule is NC(=O)c1nsc(N)c1[N+](=O)[O-]. The average Bonchev–Trinajstić information content (AvgIpc) is 2.30. The molecule has 1 amide bonds. The van der Waals surface area contributed by atoms with Crippen LogP contribution in [0.4, 0.5) is 10.7 Å². The van der Waals surface area contributed by atoms with Gasteiger partial charge in [-0.25, -0.2) is 0 Å². The highest BCUT2D eigenvalue weighted by atomic mass is 32.1. The molecule has 0 saturated heterocycles. The maximum Gasteiger partial charge on any atom is 0.336 e. The quantitative estimate of drug-likeness (QED) is 0.488. The van der Waals surface area contributed by atoms with Crippen LogP contribution in [0.25, 0.3) is 0 Å². The summed E-state index contributed by atoms with van der Waals surface area (Å²) in [5.41, 5.74) is 9.10. The molecular weight excluding hydrogens is 184 g/mol. The first kappa shape index (κ1) is 8.40. The zero-order chi connectivity index (χ0) is 9.30. The highest BCUT2D eigenvalue weighted by molar-refractivity contribution is 7.10. The van der Waals surface area contributed by atoms with Gasteiger partial charge in [-0.15, -0.1) is 0 Å². The molecule has 0 spiro atoms. The Bertz CT molecular complexity index is 346. The van der Waals surface area contributed by atoms with Crippen LogP contribution in [0.3, 0.4) is 0 Å². The number of anilines is 1. The topological polar surface area (TPSA) is 125 Å². The highest BCUT2D eigenvalue weighted by Gasteiger charge is 2.26. The molecule has 1 heterocycles. The van der Waals surface area contributed by atoms with E-state index in [1.807, 2.05) is 0 Å². The zero-order valence-corrected chi connectivity index (χ0v) is 6.50. The number of carbonyl (C=O) groups is 1. The molecule has 0 unspecified atom stereocenters. The first-order chi connectivity index (χ1) is 5.54. The van der Waals surface area contributed by atoms with E-state index in [2.05, 4.69) is 4.37 Å². The minimum atomic E-state index is -0.949. The van der Waals surface area contributed by atoms with E-state index < -0.39 is 16.5 Å². The number of carbonyl (C=O) groups excluding carboxylic acids is 1. The first-order valence-electron chi connectivity index (χ1n) is 2.73. The third kappa shape index (κ3) is 1.19. The summed E-state index contributed by atoms with van der Waals surface area (Å²) < 4.78 is 3.44. The number of hydrogen-bond acceptors (Lipinski definition) is 6. The number of nitrogen functional groups attached to an aromatic ring is 1. The fraction of sp³-hybridized carbons (Fsp3) is 0. The fourth-order valence-electron chi connectivity index (χ4n) is 0.636. The van der Waals surface area contributed by atoms with Crippen LogP contribution < -0.4 is 11.5 Å². The molecule has 0 aromatic carbocycles. The minimum absolute atomic E-state index is 0.117. The summed E-state index contributed by atoms with van der Waals surface area (Å²) in [4.78, 5) is 20.1.